The SMILES string of the molecule is COc1cc2c(cc1OC)CN(CC(O)CCl)CC2. The lowest BCUT2D eigenvalue weighted by Crippen LogP contribution is -2.37. The summed E-state index contributed by atoms with van der Waals surface area (Å²) in [5.74, 6) is 1.80. The van der Waals surface area contributed by atoms with Crippen LogP contribution in [0.4, 0.5) is 0 Å². The molecule has 0 fully saturated rings. The van der Waals surface area contributed by atoms with Gasteiger partial charge in [-0.1, -0.05) is 0 Å². The Morgan fingerprint density at radius 1 is 1.26 bits per heavy atom. The van der Waals surface area contributed by atoms with E-state index in [-0.39, 0.29) is 5.88 Å². The largest absolute Gasteiger partial charge is 0.493 e. The van der Waals surface area contributed by atoms with E-state index in [0.717, 1.165) is 31.0 Å². The number of alkyl halides is 1. The number of ether oxygens (including phenoxy) is 2. The van der Waals surface area contributed by atoms with Gasteiger partial charge in [-0.05, 0) is 29.7 Å². The molecule has 0 saturated heterocycles. The molecule has 0 aromatic heterocycles. The first-order valence-corrected chi connectivity index (χ1v) is 6.91. The van der Waals surface area contributed by atoms with E-state index in [2.05, 4.69) is 4.90 Å². The lowest BCUT2D eigenvalue weighted by Gasteiger charge is -2.30. The van der Waals surface area contributed by atoms with Gasteiger partial charge >= 0.3 is 0 Å². The third-order valence-corrected chi connectivity index (χ3v) is 3.80. The molecular formula is C14H20ClNO3. The monoisotopic (exact) mass is 285 g/mol. The highest BCUT2D eigenvalue weighted by molar-refractivity contribution is 6.18. The van der Waals surface area contributed by atoms with Crippen molar-refractivity contribution in [2.75, 3.05) is 33.2 Å². The van der Waals surface area contributed by atoms with Gasteiger partial charge in [0, 0.05) is 25.5 Å². The molecular weight excluding hydrogens is 266 g/mol. The highest BCUT2D eigenvalue weighted by Gasteiger charge is 2.20. The van der Waals surface area contributed by atoms with Crippen molar-refractivity contribution in [3.63, 3.8) is 0 Å². The lowest BCUT2D eigenvalue weighted by atomic mass is 9.98. The maximum atomic E-state index is 9.62. The van der Waals surface area contributed by atoms with Gasteiger partial charge in [0.2, 0.25) is 0 Å². The van der Waals surface area contributed by atoms with Crippen LogP contribution in [0.5, 0.6) is 11.5 Å². The zero-order chi connectivity index (χ0) is 13.8. The maximum absolute atomic E-state index is 9.62. The minimum Gasteiger partial charge on any atom is -0.493 e. The van der Waals surface area contributed by atoms with E-state index in [1.807, 2.05) is 12.1 Å². The molecule has 0 saturated carbocycles. The second-order valence-corrected chi connectivity index (χ2v) is 5.08. The molecule has 1 N–H and O–H groups in total. The number of β-amino-alcohol motifs (C(OH)–C–C–N with tert-alkyl or cyclic N) is 1. The fourth-order valence-electron chi connectivity index (χ4n) is 2.44. The third kappa shape index (κ3) is 3.32. The summed E-state index contributed by atoms with van der Waals surface area (Å²) in [4.78, 5) is 2.21. The molecule has 0 spiro atoms. The Labute approximate surface area is 118 Å². The first kappa shape index (κ1) is 14.4. The minimum absolute atomic E-state index is 0.273. The van der Waals surface area contributed by atoms with Crippen molar-refractivity contribution in [3.8, 4) is 11.5 Å². The van der Waals surface area contributed by atoms with Crippen LogP contribution < -0.4 is 9.47 Å². The molecule has 1 aromatic carbocycles. The molecule has 19 heavy (non-hydrogen) atoms. The summed E-state index contributed by atoms with van der Waals surface area (Å²) in [7, 11) is 3.29. The van der Waals surface area contributed by atoms with Crippen LogP contribution in [0, 0.1) is 0 Å². The number of fused-ring (bicyclic) bond motifs is 1. The molecule has 1 aliphatic heterocycles. The maximum Gasteiger partial charge on any atom is 0.161 e. The van der Waals surface area contributed by atoms with E-state index >= 15 is 0 Å². The predicted octanol–water partition coefficient (Wildman–Crippen LogP) is 1.66. The van der Waals surface area contributed by atoms with E-state index in [4.69, 9.17) is 21.1 Å². The Hall–Kier alpha value is -0.970. The third-order valence-electron chi connectivity index (χ3n) is 3.44. The van der Waals surface area contributed by atoms with Gasteiger partial charge in [0.15, 0.2) is 11.5 Å². The number of benzene rings is 1. The zero-order valence-electron chi connectivity index (χ0n) is 11.4. The number of nitrogens with zero attached hydrogens (tertiary/aromatic N) is 1. The summed E-state index contributed by atoms with van der Waals surface area (Å²) in [6.45, 7) is 2.34. The van der Waals surface area contributed by atoms with Crippen molar-refractivity contribution in [1.82, 2.24) is 4.90 Å². The molecule has 4 nitrogen and oxygen atoms in total. The number of methoxy groups -OCH3 is 2. The first-order chi connectivity index (χ1) is 9.17. The van der Waals surface area contributed by atoms with E-state index in [1.165, 1.54) is 11.1 Å². The molecule has 1 heterocycles. The smallest absolute Gasteiger partial charge is 0.161 e. The van der Waals surface area contributed by atoms with Crippen LogP contribution in [0.2, 0.25) is 0 Å². The Kier molecular flexibility index (Phi) is 4.91. The standard InChI is InChI=1S/C14H20ClNO3/c1-18-13-5-10-3-4-16(9-12(17)7-15)8-11(10)6-14(13)19-2/h5-6,12,17H,3-4,7-9H2,1-2H3. The summed E-state index contributed by atoms with van der Waals surface area (Å²) >= 11 is 5.65. The van der Waals surface area contributed by atoms with Gasteiger partial charge < -0.3 is 14.6 Å². The zero-order valence-corrected chi connectivity index (χ0v) is 12.1. The van der Waals surface area contributed by atoms with Crippen LogP contribution in [0.25, 0.3) is 0 Å². The summed E-state index contributed by atoms with van der Waals surface area (Å²) in [5.41, 5.74) is 2.51. The average molecular weight is 286 g/mol. The Morgan fingerprint density at radius 3 is 2.47 bits per heavy atom. The second-order valence-electron chi connectivity index (χ2n) is 4.77. The molecule has 1 aromatic rings. The second kappa shape index (κ2) is 6.46. The van der Waals surface area contributed by atoms with E-state index < -0.39 is 6.10 Å². The summed E-state index contributed by atoms with van der Waals surface area (Å²) in [6, 6.07) is 4.07. The first-order valence-electron chi connectivity index (χ1n) is 6.38. The van der Waals surface area contributed by atoms with Gasteiger partial charge in [-0.15, -0.1) is 11.6 Å². The number of rotatable bonds is 5. The van der Waals surface area contributed by atoms with Crippen LogP contribution in [-0.2, 0) is 13.0 Å². The highest BCUT2D eigenvalue weighted by Crippen LogP contribution is 2.33. The van der Waals surface area contributed by atoms with Crippen LogP contribution in [-0.4, -0.2) is 49.3 Å². The Bertz CT molecular complexity index is 439. The minimum atomic E-state index is -0.469. The quantitative estimate of drug-likeness (QED) is 0.836. The predicted molar refractivity (Wildman–Crippen MR) is 75.3 cm³/mol. The van der Waals surface area contributed by atoms with Gasteiger partial charge in [-0.2, -0.15) is 0 Å². The van der Waals surface area contributed by atoms with Gasteiger partial charge in [0.25, 0.3) is 0 Å². The Morgan fingerprint density at radius 2 is 1.89 bits per heavy atom. The average Bonchev–Trinajstić information content (AvgIpc) is 2.45. The van der Waals surface area contributed by atoms with Crippen LogP contribution in [0.1, 0.15) is 11.1 Å². The molecule has 2 rings (SSSR count). The van der Waals surface area contributed by atoms with Crippen molar-refractivity contribution < 1.29 is 14.6 Å². The number of aliphatic hydroxyl groups excluding tert-OH is 1. The van der Waals surface area contributed by atoms with E-state index in [1.54, 1.807) is 14.2 Å². The molecule has 1 atom stereocenters. The Balaban J connectivity index is 2.15. The van der Waals surface area contributed by atoms with Crippen LogP contribution in [0.15, 0.2) is 12.1 Å². The van der Waals surface area contributed by atoms with E-state index in [9.17, 15) is 5.11 Å². The number of hydrogen-bond acceptors (Lipinski definition) is 4. The van der Waals surface area contributed by atoms with Gasteiger partial charge in [-0.3, -0.25) is 4.90 Å². The van der Waals surface area contributed by atoms with E-state index in [0.29, 0.717) is 6.54 Å². The van der Waals surface area contributed by atoms with Gasteiger partial charge in [0.05, 0.1) is 20.3 Å². The van der Waals surface area contributed by atoms with Crippen molar-refractivity contribution >= 4 is 11.6 Å². The summed E-state index contributed by atoms with van der Waals surface area (Å²) < 4.78 is 10.6. The molecule has 1 aliphatic rings. The van der Waals surface area contributed by atoms with Crippen molar-refractivity contribution in [3.05, 3.63) is 23.3 Å². The summed E-state index contributed by atoms with van der Waals surface area (Å²) in [5, 5.41) is 9.62. The van der Waals surface area contributed by atoms with Crippen molar-refractivity contribution in [2.24, 2.45) is 0 Å². The molecule has 1 unspecified atom stereocenters. The lowest BCUT2D eigenvalue weighted by molar-refractivity contribution is 0.121. The van der Waals surface area contributed by atoms with Crippen LogP contribution >= 0.6 is 11.6 Å². The van der Waals surface area contributed by atoms with Gasteiger partial charge in [-0.25, -0.2) is 0 Å². The normalized spacial score (nSPS) is 16.8. The topological polar surface area (TPSA) is 41.9 Å². The molecule has 0 bridgehead atoms. The van der Waals surface area contributed by atoms with Crippen molar-refractivity contribution in [1.29, 1.82) is 0 Å². The highest BCUT2D eigenvalue weighted by atomic mass is 35.5. The molecule has 0 amide bonds. The summed E-state index contributed by atoms with van der Waals surface area (Å²) in [6.07, 6.45) is 0.480. The molecule has 106 valence electrons. The fraction of sp³-hybridized carbons (Fsp3) is 0.571. The molecule has 0 radical (unpaired) electrons. The molecule has 0 aliphatic carbocycles. The number of hydrogen-bond donors (Lipinski definition) is 1. The van der Waals surface area contributed by atoms with Gasteiger partial charge in [0.1, 0.15) is 0 Å². The molecule has 5 heteroatoms. The number of halogens is 1. The van der Waals surface area contributed by atoms with Crippen LogP contribution in [0.3, 0.4) is 0 Å². The fourth-order valence-corrected chi connectivity index (χ4v) is 2.54. The van der Waals surface area contributed by atoms with Crippen molar-refractivity contribution in [2.45, 2.75) is 19.1 Å². The number of aliphatic hydroxyl groups is 1.